The first kappa shape index (κ1) is 14.5. The summed E-state index contributed by atoms with van der Waals surface area (Å²) >= 11 is 0. The molecule has 0 saturated heterocycles. The highest BCUT2D eigenvalue weighted by atomic mass is 16.1. The fourth-order valence-corrected chi connectivity index (χ4v) is 1.44. The van der Waals surface area contributed by atoms with Gasteiger partial charge < -0.3 is 10.6 Å². The smallest absolute Gasteiger partial charge is 0.255 e. The maximum atomic E-state index is 12.2. The molecular weight excluding hydrogens is 226 g/mol. The average Bonchev–Trinajstić information content (AvgIpc) is 2.36. The van der Waals surface area contributed by atoms with Crippen LogP contribution in [0.25, 0.3) is 0 Å². The Morgan fingerprint density at radius 3 is 2.72 bits per heavy atom. The Kier molecular flexibility index (Phi) is 5.13. The summed E-state index contributed by atoms with van der Waals surface area (Å²) in [6, 6.07) is 3.58. The van der Waals surface area contributed by atoms with Gasteiger partial charge >= 0.3 is 0 Å². The van der Waals surface area contributed by atoms with Gasteiger partial charge in [-0.1, -0.05) is 13.8 Å². The molecule has 0 unspecified atom stereocenters. The normalized spacial score (nSPS) is 11.1. The highest BCUT2D eigenvalue weighted by Gasteiger charge is 2.20. The van der Waals surface area contributed by atoms with E-state index in [0.717, 1.165) is 19.4 Å². The van der Waals surface area contributed by atoms with E-state index in [9.17, 15) is 4.79 Å². The van der Waals surface area contributed by atoms with Crippen molar-refractivity contribution in [3.8, 4) is 0 Å². The van der Waals surface area contributed by atoms with Gasteiger partial charge in [0, 0.05) is 18.3 Å². The fourth-order valence-electron chi connectivity index (χ4n) is 1.44. The van der Waals surface area contributed by atoms with Gasteiger partial charge in [-0.05, 0) is 38.8 Å². The number of rotatable bonds is 6. The molecule has 4 nitrogen and oxygen atoms in total. The zero-order valence-electron chi connectivity index (χ0n) is 11.7. The number of carbonyl (C=O) groups excluding carboxylic acids is 1. The number of hydrogen-bond acceptors (Lipinski definition) is 3. The number of nitrogens with zero attached hydrogens (tertiary/aromatic N) is 1. The van der Waals surface area contributed by atoms with Gasteiger partial charge in [0.1, 0.15) is 5.82 Å². The van der Waals surface area contributed by atoms with Crippen molar-refractivity contribution in [3.05, 3.63) is 23.9 Å². The summed E-state index contributed by atoms with van der Waals surface area (Å²) in [4.78, 5) is 16.4. The van der Waals surface area contributed by atoms with Crippen LogP contribution in [0.4, 0.5) is 5.82 Å². The standard InChI is InChI=1S/C14H23N3O/c1-5-9-15-12-11(8-7-10-16-12)13(18)17-14(3,4)6-2/h7-8,10H,5-6,9H2,1-4H3,(H,15,16)(H,17,18). The van der Waals surface area contributed by atoms with Gasteiger partial charge in [-0.3, -0.25) is 4.79 Å². The first-order valence-electron chi connectivity index (χ1n) is 6.51. The fraction of sp³-hybridized carbons (Fsp3) is 0.571. The van der Waals surface area contributed by atoms with E-state index in [2.05, 4.69) is 29.5 Å². The Hall–Kier alpha value is -1.58. The molecule has 0 bridgehead atoms. The molecule has 1 rings (SSSR count). The molecule has 4 heteroatoms. The summed E-state index contributed by atoms with van der Waals surface area (Å²) in [5.41, 5.74) is 0.405. The molecule has 0 atom stereocenters. The van der Waals surface area contributed by atoms with Crippen LogP contribution in [0.2, 0.25) is 0 Å². The monoisotopic (exact) mass is 249 g/mol. The first-order valence-corrected chi connectivity index (χ1v) is 6.51. The Balaban J connectivity index is 2.85. The molecule has 18 heavy (non-hydrogen) atoms. The second-order valence-electron chi connectivity index (χ2n) is 5.02. The predicted octanol–water partition coefficient (Wildman–Crippen LogP) is 2.82. The number of hydrogen-bond donors (Lipinski definition) is 2. The summed E-state index contributed by atoms with van der Waals surface area (Å²) in [7, 11) is 0. The molecule has 1 amide bonds. The molecule has 0 aromatic carbocycles. The van der Waals surface area contributed by atoms with Crippen molar-refractivity contribution in [2.45, 2.75) is 46.1 Å². The summed E-state index contributed by atoms with van der Waals surface area (Å²) in [5, 5.41) is 6.20. The lowest BCUT2D eigenvalue weighted by molar-refractivity contribution is 0.0912. The van der Waals surface area contributed by atoms with Crippen LogP contribution in [0.5, 0.6) is 0 Å². The number of anilines is 1. The molecule has 0 aliphatic carbocycles. The molecule has 0 fully saturated rings. The molecule has 1 aromatic rings. The minimum Gasteiger partial charge on any atom is -0.369 e. The number of aromatic nitrogens is 1. The molecule has 0 aliphatic heterocycles. The molecule has 100 valence electrons. The second kappa shape index (κ2) is 6.38. The van der Waals surface area contributed by atoms with E-state index < -0.39 is 0 Å². The maximum absolute atomic E-state index is 12.2. The number of carbonyl (C=O) groups is 1. The van der Waals surface area contributed by atoms with E-state index in [1.165, 1.54) is 0 Å². The molecule has 0 radical (unpaired) electrons. The SMILES string of the molecule is CCCNc1ncccc1C(=O)NC(C)(C)CC. The van der Waals surface area contributed by atoms with Gasteiger partial charge in [0.15, 0.2) is 0 Å². The minimum absolute atomic E-state index is 0.0754. The van der Waals surface area contributed by atoms with Crippen molar-refractivity contribution in [2.24, 2.45) is 0 Å². The minimum atomic E-state index is -0.199. The van der Waals surface area contributed by atoms with Crippen LogP contribution in [0, 0.1) is 0 Å². The molecule has 2 N–H and O–H groups in total. The Bertz CT molecular complexity index is 402. The van der Waals surface area contributed by atoms with Gasteiger partial charge in [-0.25, -0.2) is 4.98 Å². The van der Waals surface area contributed by atoms with Crippen molar-refractivity contribution in [1.29, 1.82) is 0 Å². The van der Waals surface area contributed by atoms with E-state index in [-0.39, 0.29) is 11.4 Å². The lowest BCUT2D eigenvalue weighted by Crippen LogP contribution is -2.43. The lowest BCUT2D eigenvalue weighted by atomic mass is 10.0. The zero-order chi connectivity index (χ0) is 13.6. The van der Waals surface area contributed by atoms with E-state index in [1.807, 2.05) is 13.8 Å². The second-order valence-corrected chi connectivity index (χ2v) is 5.02. The van der Waals surface area contributed by atoms with Crippen molar-refractivity contribution in [1.82, 2.24) is 10.3 Å². The molecule has 1 aromatic heterocycles. The van der Waals surface area contributed by atoms with Crippen LogP contribution in [0.15, 0.2) is 18.3 Å². The Morgan fingerprint density at radius 2 is 2.11 bits per heavy atom. The number of pyridine rings is 1. The van der Waals surface area contributed by atoms with Gasteiger partial charge in [0.2, 0.25) is 0 Å². The van der Waals surface area contributed by atoms with Crippen molar-refractivity contribution in [3.63, 3.8) is 0 Å². The zero-order valence-corrected chi connectivity index (χ0v) is 11.7. The van der Waals surface area contributed by atoms with E-state index in [0.29, 0.717) is 11.4 Å². The third kappa shape index (κ3) is 4.02. The third-order valence-corrected chi connectivity index (χ3v) is 2.93. The van der Waals surface area contributed by atoms with Crippen LogP contribution in [0.1, 0.15) is 50.9 Å². The molecule has 0 aliphatic rings. The van der Waals surface area contributed by atoms with Crippen molar-refractivity contribution < 1.29 is 4.79 Å². The summed E-state index contributed by atoms with van der Waals surface area (Å²) in [6.07, 6.45) is 3.58. The van der Waals surface area contributed by atoms with Crippen LogP contribution in [-0.4, -0.2) is 23.0 Å². The largest absolute Gasteiger partial charge is 0.369 e. The van der Waals surface area contributed by atoms with Gasteiger partial charge in [0.05, 0.1) is 5.56 Å². The summed E-state index contributed by atoms with van der Waals surface area (Å²) in [5.74, 6) is 0.581. The number of nitrogens with one attached hydrogen (secondary N) is 2. The maximum Gasteiger partial charge on any atom is 0.255 e. The first-order chi connectivity index (χ1) is 8.50. The van der Waals surface area contributed by atoms with E-state index in [4.69, 9.17) is 0 Å². The van der Waals surface area contributed by atoms with Crippen LogP contribution >= 0.6 is 0 Å². The highest BCUT2D eigenvalue weighted by molar-refractivity contribution is 5.99. The predicted molar refractivity (Wildman–Crippen MR) is 74.9 cm³/mol. The number of amides is 1. The molecular formula is C14H23N3O. The van der Waals surface area contributed by atoms with Gasteiger partial charge in [-0.15, -0.1) is 0 Å². The van der Waals surface area contributed by atoms with Crippen molar-refractivity contribution in [2.75, 3.05) is 11.9 Å². The Labute approximate surface area is 109 Å². The Morgan fingerprint density at radius 1 is 1.39 bits per heavy atom. The van der Waals surface area contributed by atoms with Crippen LogP contribution in [0.3, 0.4) is 0 Å². The van der Waals surface area contributed by atoms with E-state index >= 15 is 0 Å². The van der Waals surface area contributed by atoms with E-state index in [1.54, 1.807) is 18.3 Å². The average molecular weight is 249 g/mol. The van der Waals surface area contributed by atoms with Gasteiger partial charge in [-0.2, -0.15) is 0 Å². The van der Waals surface area contributed by atoms with Gasteiger partial charge in [0.25, 0.3) is 5.91 Å². The van der Waals surface area contributed by atoms with Crippen LogP contribution in [-0.2, 0) is 0 Å². The quantitative estimate of drug-likeness (QED) is 0.815. The van der Waals surface area contributed by atoms with Crippen molar-refractivity contribution >= 4 is 11.7 Å². The molecule has 0 saturated carbocycles. The lowest BCUT2D eigenvalue weighted by Gasteiger charge is -2.25. The topological polar surface area (TPSA) is 54.0 Å². The third-order valence-electron chi connectivity index (χ3n) is 2.93. The molecule has 1 heterocycles. The summed E-state index contributed by atoms with van der Waals surface area (Å²) in [6.45, 7) is 8.98. The van der Waals surface area contributed by atoms with Crippen LogP contribution < -0.4 is 10.6 Å². The highest BCUT2D eigenvalue weighted by Crippen LogP contribution is 2.14. The molecule has 0 spiro atoms. The summed E-state index contributed by atoms with van der Waals surface area (Å²) < 4.78 is 0.